The van der Waals surface area contributed by atoms with Gasteiger partial charge in [-0.05, 0) is 32.0 Å². The van der Waals surface area contributed by atoms with Crippen molar-refractivity contribution in [1.82, 2.24) is 4.90 Å². The van der Waals surface area contributed by atoms with Crippen LogP contribution in [-0.4, -0.2) is 46.7 Å². The molecular formula is C15H17ClFNO4. The summed E-state index contributed by atoms with van der Waals surface area (Å²) in [5.41, 5.74) is -2.19. The molecule has 0 radical (unpaired) electrons. The highest BCUT2D eigenvalue weighted by atomic mass is 35.5. The zero-order valence-electron chi connectivity index (χ0n) is 12.3. The number of carboxylic acid groups (broad SMARTS) is 1. The van der Waals surface area contributed by atoms with E-state index in [2.05, 4.69) is 0 Å². The van der Waals surface area contributed by atoms with Crippen molar-refractivity contribution in [3.8, 4) is 5.75 Å². The van der Waals surface area contributed by atoms with Crippen LogP contribution < -0.4 is 4.74 Å². The number of likely N-dealkylation sites (tertiary alicyclic amines) is 1. The van der Waals surface area contributed by atoms with Crippen molar-refractivity contribution in [2.45, 2.75) is 32.0 Å². The van der Waals surface area contributed by atoms with Crippen LogP contribution in [0.2, 0.25) is 5.02 Å². The molecule has 0 aromatic heterocycles. The van der Waals surface area contributed by atoms with Crippen LogP contribution in [-0.2, 0) is 4.79 Å². The van der Waals surface area contributed by atoms with Crippen LogP contribution in [0.1, 0.15) is 30.6 Å². The maximum atomic E-state index is 14.1. The Morgan fingerprint density at radius 1 is 1.45 bits per heavy atom. The number of ether oxygens (including phenoxy) is 1. The molecule has 1 unspecified atom stereocenters. The van der Waals surface area contributed by atoms with Crippen molar-refractivity contribution in [1.29, 1.82) is 0 Å². The standard InChI is InChI=1S/C15H17ClFNO4/c1-9(2)22-12-4-3-10(16)7-11(12)13(19)18-6-5-15(17,8-18)14(20)21/h3-4,7,9H,5-6,8H2,1-2H3,(H,20,21). The average molecular weight is 330 g/mol. The Bertz CT molecular complexity index is 607. The first-order valence-corrected chi connectivity index (χ1v) is 7.28. The number of carbonyl (C=O) groups excluding carboxylic acids is 1. The van der Waals surface area contributed by atoms with E-state index in [0.717, 1.165) is 0 Å². The second kappa shape index (κ2) is 6.12. The lowest BCUT2D eigenvalue weighted by atomic mass is 10.1. The van der Waals surface area contributed by atoms with Gasteiger partial charge in [0.2, 0.25) is 5.67 Å². The molecule has 2 rings (SSSR count). The fourth-order valence-electron chi connectivity index (χ4n) is 2.32. The zero-order chi connectivity index (χ0) is 16.5. The van der Waals surface area contributed by atoms with E-state index in [1.165, 1.54) is 11.0 Å². The molecule has 1 N–H and O–H groups in total. The second-order valence-electron chi connectivity index (χ2n) is 5.55. The highest BCUT2D eigenvalue weighted by molar-refractivity contribution is 6.31. The largest absolute Gasteiger partial charge is 0.490 e. The molecule has 0 saturated carbocycles. The summed E-state index contributed by atoms with van der Waals surface area (Å²) in [5.74, 6) is -1.69. The van der Waals surface area contributed by atoms with E-state index >= 15 is 0 Å². The highest BCUT2D eigenvalue weighted by Crippen LogP contribution is 2.30. The van der Waals surface area contributed by atoms with Crippen LogP contribution in [0, 0.1) is 0 Å². The lowest BCUT2D eigenvalue weighted by Crippen LogP contribution is -2.39. The van der Waals surface area contributed by atoms with Crippen LogP contribution in [0.4, 0.5) is 4.39 Å². The van der Waals surface area contributed by atoms with Crippen LogP contribution in [0.25, 0.3) is 0 Å². The molecule has 1 atom stereocenters. The minimum absolute atomic E-state index is 0.0370. The third kappa shape index (κ3) is 3.32. The summed E-state index contributed by atoms with van der Waals surface area (Å²) < 4.78 is 19.7. The smallest absolute Gasteiger partial charge is 0.343 e. The summed E-state index contributed by atoms with van der Waals surface area (Å²) in [7, 11) is 0. The van der Waals surface area contributed by atoms with Gasteiger partial charge in [0.05, 0.1) is 18.2 Å². The first-order valence-electron chi connectivity index (χ1n) is 6.91. The van der Waals surface area contributed by atoms with Gasteiger partial charge in [0.25, 0.3) is 5.91 Å². The summed E-state index contributed by atoms with van der Waals surface area (Å²) in [6.07, 6.45) is -0.375. The summed E-state index contributed by atoms with van der Waals surface area (Å²) in [4.78, 5) is 24.6. The van der Waals surface area contributed by atoms with E-state index in [1.807, 2.05) is 13.8 Å². The van der Waals surface area contributed by atoms with Crippen LogP contribution in [0.15, 0.2) is 18.2 Å². The third-order valence-corrected chi connectivity index (χ3v) is 3.66. The van der Waals surface area contributed by atoms with Gasteiger partial charge in [-0.25, -0.2) is 9.18 Å². The molecule has 1 aromatic rings. The number of nitrogens with zero attached hydrogens (tertiary/aromatic N) is 1. The van der Waals surface area contributed by atoms with E-state index in [4.69, 9.17) is 21.4 Å². The van der Waals surface area contributed by atoms with Gasteiger partial charge in [-0.1, -0.05) is 11.6 Å². The number of alkyl halides is 1. The predicted molar refractivity (Wildman–Crippen MR) is 79.2 cm³/mol. The van der Waals surface area contributed by atoms with Crippen LogP contribution in [0.5, 0.6) is 5.75 Å². The SMILES string of the molecule is CC(C)Oc1ccc(Cl)cc1C(=O)N1CCC(F)(C(=O)O)C1. The first-order chi connectivity index (χ1) is 10.2. The first kappa shape index (κ1) is 16.5. The maximum absolute atomic E-state index is 14.1. The quantitative estimate of drug-likeness (QED) is 0.922. The van der Waals surface area contributed by atoms with Gasteiger partial charge in [0.1, 0.15) is 5.75 Å². The zero-order valence-corrected chi connectivity index (χ0v) is 13.1. The number of halogens is 2. The molecule has 0 aliphatic carbocycles. The normalized spacial score (nSPS) is 21.2. The summed E-state index contributed by atoms with van der Waals surface area (Å²) in [6, 6.07) is 4.61. The minimum Gasteiger partial charge on any atom is -0.490 e. The van der Waals surface area contributed by atoms with E-state index in [-0.39, 0.29) is 24.6 Å². The number of carboxylic acids is 1. The summed E-state index contributed by atoms with van der Waals surface area (Å²) in [5, 5.41) is 9.25. The predicted octanol–water partition coefficient (Wildman–Crippen LogP) is 2.77. The molecule has 1 aromatic carbocycles. The number of carbonyl (C=O) groups is 2. The number of benzene rings is 1. The number of hydrogen-bond acceptors (Lipinski definition) is 3. The van der Waals surface area contributed by atoms with E-state index in [9.17, 15) is 14.0 Å². The minimum atomic E-state index is -2.40. The Hall–Kier alpha value is -1.82. The second-order valence-corrected chi connectivity index (χ2v) is 5.99. The molecule has 0 bridgehead atoms. The maximum Gasteiger partial charge on any atom is 0.343 e. The molecule has 1 aliphatic heterocycles. The van der Waals surface area contributed by atoms with Gasteiger partial charge < -0.3 is 14.7 Å². The fraction of sp³-hybridized carbons (Fsp3) is 0.467. The number of aliphatic carboxylic acids is 1. The lowest BCUT2D eigenvalue weighted by molar-refractivity contribution is -0.149. The van der Waals surface area contributed by atoms with E-state index < -0.39 is 24.1 Å². The third-order valence-electron chi connectivity index (χ3n) is 3.42. The van der Waals surface area contributed by atoms with Gasteiger partial charge in [-0.3, -0.25) is 4.79 Å². The molecule has 1 heterocycles. The van der Waals surface area contributed by atoms with Crippen molar-refractivity contribution in [2.75, 3.05) is 13.1 Å². The van der Waals surface area contributed by atoms with Crippen molar-refractivity contribution < 1.29 is 23.8 Å². The number of amides is 1. The molecule has 1 amide bonds. The molecule has 120 valence electrons. The van der Waals surface area contributed by atoms with Crippen molar-refractivity contribution in [3.63, 3.8) is 0 Å². The van der Waals surface area contributed by atoms with Crippen molar-refractivity contribution >= 4 is 23.5 Å². The molecule has 7 heteroatoms. The Balaban J connectivity index is 2.26. The average Bonchev–Trinajstić information content (AvgIpc) is 2.83. The molecular weight excluding hydrogens is 313 g/mol. The lowest BCUT2D eigenvalue weighted by Gasteiger charge is -2.20. The van der Waals surface area contributed by atoms with Crippen molar-refractivity contribution in [3.05, 3.63) is 28.8 Å². The molecule has 22 heavy (non-hydrogen) atoms. The monoisotopic (exact) mass is 329 g/mol. The number of hydrogen-bond donors (Lipinski definition) is 1. The molecule has 0 spiro atoms. The van der Waals surface area contributed by atoms with Gasteiger partial charge in [0, 0.05) is 18.0 Å². The van der Waals surface area contributed by atoms with E-state index in [1.54, 1.807) is 12.1 Å². The highest BCUT2D eigenvalue weighted by Gasteiger charge is 2.47. The van der Waals surface area contributed by atoms with E-state index in [0.29, 0.717) is 10.8 Å². The van der Waals surface area contributed by atoms with Crippen LogP contribution in [0.3, 0.4) is 0 Å². The Morgan fingerprint density at radius 3 is 2.68 bits per heavy atom. The Kier molecular flexibility index (Phi) is 4.60. The Labute approximate surface area is 132 Å². The molecule has 1 fully saturated rings. The summed E-state index contributed by atoms with van der Waals surface area (Å²) in [6.45, 7) is 3.19. The van der Waals surface area contributed by atoms with Gasteiger partial charge in [-0.2, -0.15) is 0 Å². The Morgan fingerprint density at radius 2 is 2.14 bits per heavy atom. The molecule has 1 saturated heterocycles. The van der Waals surface area contributed by atoms with Gasteiger partial charge in [0.15, 0.2) is 0 Å². The number of rotatable bonds is 4. The fourth-order valence-corrected chi connectivity index (χ4v) is 2.49. The van der Waals surface area contributed by atoms with Gasteiger partial charge in [-0.15, -0.1) is 0 Å². The molecule has 1 aliphatic rings. The van der Waals surface area contributed by atoms with Gasteiger partial charge >= 0.3 is 5.97 Å². The topological polar surface area (TPSA) is 66.8 Å². The molecule has 5 nitrogen and oxygen atoms in total. The summed E-state index contributed by atoms with van der Waals surface area (Å²) >= 11 is 5.92. The van der Waals surface area contributed by atoms with Crippen LogP contribution >= 0.6 is 11.6 Å². The van der Waals surface area contributed by atoms with Crippen molar-refractivity contribution in [2.24, 2.45) is 0 Å².